The zero-order valence-corrected chi connectivity index (χ0v) is 17.4. The smallest absolute Gasteiger partial charge is 0.338 e. The topological polar surface area (TPSA) is 102 Å². The predicted octanol–water partition coefficient (Wildman–Crippen LogP) is 3.12. The summed E-state index contributed by atoms with van der Waals surface area (Å²) in [5.74, 6) is -1.93. The number of benzene rings is 2. The minimum Gasteiger partial charge on any atom is -0.463 e. The lowest BCUT2D eigenvalue weighted by atomic mass is 9.95. The minimum absolute atomic E-state index is 0.0197. The Morgan fingerprint density at radius 2 is 1.77 bits per heavy atom. The molecular weight excluding hydrogens is 435 g/mol. The van der Waals surface area contributed by atoms with Gasteiger partial charge in [0, 0.05) is 10.7 Å². The van der Waals surface area contributed by atoms with E-state index in [4.69, 9.17) is 16.3 Å². The summed E-state index contributed by atoms with van der Waals surface area (Å²) in [5.41, 5.74) is 0.220. The van der Waals surface area contributed by atoms with Crippen LogP contribution in [0.2, 0.25) is 5.02 Å². The zero-order valence-electron chi connectivity index (χ0n) is 15.8. The Hall–Kier alpha value is -2.91. The van der Waals surface area contributed by atoms with E-state index < -0.39 is 39.4 Å². The number of hydrogen-bond acceptors (Lipinski definition) is 5. The summed E-state index contributed by atoms with van der Waals surface area (Å²) < 4.78 is 44.2. The number of rotatable bonds is 6. The first-order valence-corrected chi connectivity index (χ1v) is 11.0. The second-order valence-corrected chi connectivity index (χ2v) is 8.83. The highest BCUT2D eigenvalue weighted by Gasteiger charge is 2.35. The zero-order chi connectivity index (χ0) is 21.9. The average Bonchev–Trinajstić information content (AvgIpc) is 2.68. The van der Waals surface area contributed by atoms with Crippen LogP contribution in [-0.4, -0.2) is 32.8 Å². The third-order valence-corrected chi connectivity index (χ3v) is 6.27. The van der Waals surface area contributed by atoms with E-state index in [1.165, 1.54) is 48.5 Å². The molecule has 1 aliphatic heterocycles. The standard InChI is InChI=1S/C20H18ClFN2O5S/c1-2-29-19(25)17-16(11-30(27,28)15-9-5-13(21)6-10-15)23-20(26)24-18(17)12-3-7-14(22)8-4-12/h3-10,18H,2,11H2,1H3,(H2,23,24,26). The molecular formula is C20H18ClFN2O5S. The minimum atomic E-state index is -3.92. The van der Waals surface area contributed by atoms with Crippen molar-refractivity contribution in [1.29, 1.82) is 0 Å². The second kappa shape index (κ2) is 8.85. The number of urea groups is 1. The Labute approximate surface area is 177 Å². The number of carbonyl (C=O) groups is 2. The molecule has 2 amide bonds. The van der Waals surface area contributed by atoms with Crippen LogP contribution < -0.4 is 10.6 Å². The van der Waals surface area contributed by atoms with Crippen molar-refractivity contribution in [3.8, 4) is 0 Å². The lowest BCUT2D eigenvalue weighted by Crippen LogP contribution is -2.47. The van der Waals surface area contributed by atoms with E-state index in [1.54, 1.807) is 6.92 Å². The molecule has 0 aromatic heterocycles. The van der Waals surface area contributed by atoms with Crippen LogP contribution in [0.15, 0.2) is 64.7 Å². The first kappa shape index (κ1) is 21.8. The summed E-state index contributed by atoms with van der Waals surface area (Å²) in [5, 5.41) is 5.33. The molecule has 7 nitrogen and oxygen atoms in total. The Bertz CT molecular complexity index is 1100. The molecule has 1 unspecified atom stereocenters. The van der Waals surface area contributed by atoms with E-state index in [0.717, 1.165) is 0 Å². The number of carbonyl (C=O) groups excluding carboxylic acids is 2. The van der Waals surface area contributed by atoms with Crippen LogP contribution in [0.3, 0.4) is 0 Å². The maximum absolute atomic E-state index is 13.3. The molecule has 0 radical (unpaired) electrons. The van der Waals surface area contributed by atoms with E-state index in [0.29, 0.717) is 10.6 Å². The van der Waals surface area contributed by atoms with Crippen molar-refractivity contribution >= 4 is 33.4 Å². The molecule has 3 rings (SSSR count). The number of hydrogen-bond donors (Lipinski definition) is 2. The van der Waals surface area contributed by atoms with Crippen LogP contribution >= 0.6 is 11.6 Å². The number of amides is 2. The summed E-state index contributed by atoms with van der Waals surface area (Å²) in [7, 11) is -3.92. The summed E-state index contributed by atoms with van der Waals surface area (Å²) >= 11 is 5.81. The number of halogens is 2. The molecule has 0 fully saturated rings. The fourth-order valence-corrected chi connectivity index (χ4v) is 4.45. The van der Waals surface area contributed by atoms with Gasteiger partial charge >= 0.3 is 12.0 Å². The fourth-order valence-electron chi connectivity index (χ4n) is 3.00. The quantitative estimate of drug-likeness (QED) is 0.656. The van der Waals surface area contributed by atoms with E-state index >= 15 is 0 Å². The van der Waals surface area contributed by atoms with Gasteiger partial charge in [0.2, 0.25) is 0 Å². The van der Waals surface area contributed by atoms with Gasteiger partial charge in [-0.05, 0) is 48.9 Å². The normalized spacial score (nSPS) is 16.6. The number of nitrogens with one attached hydrogen (secondary N) is 2. The van der Waals surface area contributed by atoms with Crippen LogP contribution in [0.1, 0.15) is 18.5 Å². The van der Waals surface area contributed by atoms with Gasteiger partial charge in [0.25, 0.3) is 0 Å². The van der Waals surface area contributed by atoms with Gasteiger partial charge in [-0.25, -0.2) is 22.4 Å². The van der Waals surface area contributed by atoms with Gasteiger partial charge in [0.15, 0.2) is 9.84 Å². The Balaban J connectivity index is 2.08. The van der Waals surface area contributed by atoms with Crippen LogP contribution in [0.4, 0.5) is 9.18 Å². The third kappa shape index (κ3) is 4.80. The lowest BCUT2D eigenvalue weighted by molar-refractivity contribution is -0.139. The van der Waals surface area contributed by atoms with Crippen molar-refractivity contribution in [3.05, 3.63) is 76.2 Å². The number of esters is 1. The van der Waals surface area contributed by atoms with Gasteiger partial charge in [-0.1, -0.05) is 23.7 Å². The molecule has 1 aliphatic rings. The lowest BCUT2D eigenvalue weighted by Gasteiger charge is -2.29. The summed E-state index contributed by atoms with van der Waals surface area (Å²) in [6.07, 6.45) is 0. The molecule has 0 saturated carbocycles. The molecule has 1 atom stereocenters. The van der Waals surface area contributed by atoms with Gasteiger partial charge in [0.1, 0.15) is 5.82 Å². The molecule has 10 heteroatoms. The molecule has 0 bridgehead atoms. The van der Waals surface area contributed by atoms with Gasteiger partial charge < -0.3 is 15.4 Å². The molecule has 1 heterocycles. The van der Waals surface area contributed by atoms with Crippen LogP contribution in [0, 0.1) is 5.82 Å². The van der Waals surface area contributed by atoms with E-state index in [-0.39, 0.29) is 22.8 Å². The van der Waals surface area contributed by atoms with Gasteiger partial charge in [-0.3, -0.25) is 0 Å². The van der Waals surface area contributed by atoms with Gasteiger partial charge in [-0.2, -0.15) is 0 Å². The number of ether oxygens (including phenoxy) is 1. The molecule has 0 spiro atoms. The molecule has 0 aliphatic carbocycles. The summed E-state index contributed by atoms with van der Waals surface area (Å²) in [4.78, 5) is 24.9. The highest BCUT2D eigenvalue weighted by molar-refractivity contribution is 7.91. The molecule has 0 saturated heterocycles. The van der Waals surface area contributed by atoms with Crippen LogP contribution in [0.5, 0.6) is 0 Å². The molecule has 2 aromatic carbocycles. The van der Waals surface area contributed by atoms with Crippen molar-refractivity contribution in [2.24, 2.45) is 0 Å². The monoisotopic (exact) mass is 452 g/mol. The molecule has 2 aromatic rings. The molecule has 158 valence electrons. The van der Waals surface area contributed by atoms with Crippen molar-refractivity contribution in [1.82, 2.24) is 10.6 Å². The van der Waals surface area contributed by atoms with Crippen LogP contribution in [0.25, 0.3) is 0 Å². The first-order chi connectivity index (χ1) is 14.2. The van der Waals surface area contributed by atoms with Crippen LogP contribution in [-0.2, 0) is 19.4 Å². The van der Waals surface area contributed by atoms with E-state index in [9.17, 15) is 22.4 Å². The maximum atomic E-state index is 13.3. The highest BCUT2D eigenvalue weighted by Crippen LogP contribution is 2.29. The average molecular weight is 453 g/mol. The highest BCUT2D eigenvalue weighted by atomic mass is 35.5. The summed E-state index contributed by atoms with van der Waals surface area (Å²) in [6.45, 7) is 1.65. The van der Waals surface area contributed by atoms with Gasteiger partial charge in [0.05, 0.1) is 28.9 Å². The predicted molar refractivity (Wildman–Crippen MR) is 108 cm³/mol. The van der Waals surface area contributed by atoms with Crippen molar-refractivity contribution in [3.63, 3.8) is 0 Å². The van der Waals surface area contributed by atoms with E-state index in [2.05, 4.69) is 10.6 Å². The Kier molecular flexibility index (Phi) is 6.42. The Morgan fingerprint density at radius 1 is 1.13 bits per heavy atom. The van der Waals surface area contributed by atoms with E-state index in [1.807, 2.05) is 0 Å². The largest absolute Gasteiger partial charge is 0.463 e. The number of sulfone groups is 1. The summed E-state index contributed by atoms with van der Waals surface area (Å²) in [6, 6.07) is 8.98. The maximum Gasteiger partial charge on any atom is 0.338 e. The van der Waals surface area contributed by atoms with Crippen molar-refractivity contribution in [2.45, 2.75) is 17.9 Å². The second-order valence-electron chi connectivity index (χ2n) is 6.41. The third-order valence-electron chi connectivity index (χ3n) is 4.36. The molecule has 2 N–H and O–H groups in total. The SMILES string of the molecule is CCOC(=O)C1=C(CS(=O)(=O)c2ccc(Cl)cc2)NC(=O)NC1c1ccc(F)cc1. The van der Waals surface area contributed by atoms with Crippen molar-refractivity contribution in [2.75, 3.05) is 12.4 Å². The molecule has 30 heavy (non-hydrogen) atoms. The Morgan fingerprint density at radius 3 is 2.37 bits per heavy atom. The van der Waals surface area contributed by atoms with Gasteiger partial charge in [-0.15, -0.1) is 0 Å². The fraction of sp³-hybridized carbons (Fsp3) is 0.200. The van der Waals surface area contributed by atoms with Crippen molar-refractivity contribution < 1.29 is 27.1 Å². The first-order valence-electron chi connectivity index (χ1n) is 8.92.